The number of Topliss-reactive ketones (excluding diaryl/α,β-unsaturated/α-hetero) is 2. The van der Waals surface area contributed by atoms with Crippen molar-refractivity contribution in [3.05, 3.63) is 24.3 Å². The summed E-state index contributed by atoms with van der Waals surface area (Å²) in [6.45, 7) is 39.4. The molecule has 0 bridgehead atoms. The number of ketones is 2. The monoisotopic (exact) mass is 1130 g/mol. The van der Waals surface area contributed by atoms with Gasteiger partial charge in [-0.15, -0.1) is 0 Å². The SMILES string of the molecule is C=C(C)C(=O)OCCCC(=O)CCCC[Si](C)(C)O[Si](C)(C)CCCCC(=S)CCCC[Si](C)(C)O[Si](C)(C)CCCCC(=S)CCCC[Si](C)(C)O[Si](C)(C)CCCCC(=O)CCCOC(=O)C(=C)C. The van der Waals surface area contributed by atoms with Gasteiger partial charge < -0.3 is 21.8 Å². The number of rotatable bonds is 46. The molecular formula is C54H106O9S2Si6. The van der Waals surface area contributed by atoms with Crippen molar-refractivity contribution in [3.8, 4) is 0 Å². The first-order valence-electron chi connectivity index (χ1n) is 27.6. The zero-order valence-electron chi connectivity index (χ0n) is 48.1. The Hall–Kier alpha value is -0.879. The second-order valence-electron chi connectivity index (χ2n) is 24.3. The average Bonchev–Trinajstić information content (AvgIpc) is 3.23. The van der Waals surface area contributed by atoms with E-state index in [2.05, 4.69) is 91.7 Å². The first-order valence-corrected chi connectivity index (χ1v) is 47.1. The molecule has 0 N–H and O–H groups in total. The standard InChI is InChI=1S/C54H106O9S2Si6/c1-47(2)53(57)59-39-29-33-49(55)31-17-23-41-66(5,6)61-68(9,10)43-25-19-35-51(64)37-21-27-45-70(13,14)63-71(15,16)46-28-22-38-52(65)36-20-26-44-69(11,12)62-67(7,8)42-24-18-32-50(56)34-30-40-60-54(58)48(3)4/h1,3,17-46H2,2,4-16H3. The highest BCUT2D eigenvalue weighted by molar-refractivity contribution is 7.80. The van der Waals surface area contributed by atoms with Gasteiger partial charge in [-0.2, -0.15) is 0 Å². The molecule has 71 heavy (non-hydrogen) atoms. The van der Waals surface area contributed by atoms with Crippen LogP contribution in [-0.4, -0.2) is 96.4 Å². The van der Waals surface area contributed by atoms with Gasteiger partial charge >= 0.3 is 11.9 Å². The minimum absolute atomic E-state index is 0.242. The van der Waals surface area contributed by atoms with Gasteiger partial charge in [0.2, 0.25) is 0 Å². The van der Waals surface area contributed by atoms with Crippen molar-refractivity contribution in [2.75, 3.05) is 13.2 Å². The summed E-state index contributed by atoms with van der Waals surface area (Å²) >= 11 is 11.7. The molecule has 17 heteroatoms. The van der Waals surface area contributed by atoms with E-state index in [9.17, 15) is 19.2 Å². The van der Waals surface area contributed by atoms with Crippen LogP contribution >= 0.6 is 24.4 Å². The van der Waals surface area contributed by atoms with E-state index in [0.717, 1.165) is 89.1 Å². The minimum atomic E-state index is -1.80. The lowest BCUT2D eigenvalue weighted by Gasteiger charge is -2.34. The maximum Gasteiger partial charge on any atom is 0.333 e. The lowest BCUT2D eigenvalue weighted by Crippen LogP contribution is -2.44. The Labute approximate surface area is 453 Å². The van der Waals surface area contributed by atoms with Crippen LogP contribution in [0.25, 0.3) is 0 Å². The molecule has 0 atom stereocenters. The summed E-state index contributed by atoms with van der Waals surface area (Å²) < 4.78 is 31.0. The zero-order valence-corrected chi connectivity index (χ0v) is 55.8. The lowest BCUT2D eigenvalue weighted by molar-refractivity contribution is -0.140. The van der Waals surface area contributed by atoms with Gasteiger partial charge in [-0.3, -0.25) is 9.59 Å². The Morgan fingerprint density at radius 3 is 0.746 bits per heavy atom. The zero-order chi connectivity index (χ0) is 54.4. The summed E-state index contributed by atoms with van der Waals surface area (Å²) in [6, 6.07) is 6.89. The first kappa shape index (κ1) is 70.1. The minimum Gasteiger partial charge on any atom is -0.462 e. The fraction of sp³-hybridized carbons (Fsp3) is 0.815. The molecule has 0 rings (SSSR count). The van der Waals surface area contributed by atoms with E-state index in [1.54, 1.807) is 13.8 Å². The van der Waals surface area contributed by atoms with Crippen LogP contribution in [0.2, 0.25) is 115 Å². The molecular weight excluding hydrogens is 1030 g/mol. The highest BCUT2D eigenvalue weighted by Crippen LogP contribution is 2.29. The number of ether oxygens (including phenoxy) is 2. The molecule has 0 saturated heterocycles. The number of hydrogen-bond donors (Lipinski definition) is 0. The topological polar surface area (TPSA) is 114 Å². The Kier molecular flexibility index (Phi) is 35.8. The molecule has 0 aromatic rings. The molecule has 412 valence electrons. The second kappa shape index (κ2) is 36.2. The number of thiocarbonyl (C=S) groups is 2. The van der Waals surface area contributed by atoms with Gasteiger partial charge in [0.25, 0.3) is 0 Å². The summed E-state index contributed by atoms with van der Waals surface area (Å²) in [5.74, 6) is -0.298. The molecule has 0 aromatic carbocycles. The molecule has 0 spiro atoms. The predicted octanol–water partition coefficient (Wildman–Crippen LogP) is 17.0. The Morgan fingerprint density at radius 2 is 0.535 bits per heavy atom. The number of carbonyl (C=O) groups excluding carboxylic acids is 4. The van der Waals surface area contributed by atoms with Gasteiger partial charge in [0, 0.05) is 36.8 Å². The van der Waals surface area contributed by atoms with Crippen molar-refractivity contribution in [1.82, 2.24) is 0 Å². The molecule has 0 fully saturated rings. The van der Waals surface area contributed by atoms with E-state index in [-0.39, 0.29) is 24.8 Å². The van der Waals surface area contributed by atoms with Gasteiger partial charge in [0.15, 0.2) is 49.9 Å². The van der Waals surface area contributed by atoms with Crippen molar-refractivity contribution in [1.29, 1.82) is 0 Å². The van der Waals surface area contributed by atoms with Crippen molar-refractivity contribution in [2.24, 2.45) is 0 Å². The third-order valence-corrected chi connectivity index (χ3v) is 36.4. The lowest BCUT2D eigenvalue weighted by atomic mass is 10.1. The Bertz CT molecular complexity index is 1550. The molecule has 0 aliphatic heterocycles. The van der Waals surface area contributed by atoms with Crippen LogP contribution in [0, 0.1) is 0 Å². The van der Waals surface area contributed by atoms with Gasteiger partial charge in [-0.05, 0) is 215 Å². The van der Waals surface area contributed by atoms with Crippen LogP contribution in [0.15, 0.2) is 24.3 Å². The summed E-state index contributed by atoms with van der Waals surface area (Å²) in [6.07, 6.45) is 20.6. The van der Waals surface area contributed by atoms with E-state index in [1.807, 2.05) is 0 Å². The summed E-state index contributed by atoms with van der Waals surface area (Å²) in [5.41, 5.74) is 0.767. The molecule has 9 nitrogen and oxygen atoms in total. The van der Waals surface area contributed by atoms with Crippen LogP contribution in [0.5, 0.6) is 0 Å². The fourth-order valence-electron chi connectivity index (χ4n) is 9.40. The molecule has 0 heterocycles. The van der Waals surface area contributed by atoms with Crippen LogP contribution in [0.3, 0.4) is 0 Å². The van der Waals surface area contributed by atoms with E-state index in [0.29, 0.717) is 49.7 Å². The molecule has 0 unspecified atom stereocenters. The first-order chi connectivity index (χ1) is 32.8. The smallest absolute Gasteiger partial charge is 0.333 e. The van der Waals surface area contributed by atoms with Crippen LogP contribution < -0.4 is 0 Å². The molecule has 0 aliphatic rings. The number of hydrogen-bond acceptors (Lipinski definition) is 11. The number of carbonyl (C=O) groups is 4. The van der Waals surface area contributed by atoms with Crippen LogP contribution in [-0.2, 0) is 41.0 Å². The largest absolute Gasteiger partial charge is 0.462 e. The van der Waals surface area contributed by atoms with Gasteiger partial charge in [-0.1, -0.05) is 76.1 Å². The third-order valence-electron chi connectivity index (χ3n) is 12.9. The van der Waals surface area contributed by atoms with Crippen molar-refractivity contribution in [2.45, 2.75) is 270 Å². The third kappa shape index (κ3) is 41.0. The molecule has 0 aliphatic carbocycles. The highest BCUT2D eigenvalue weighted by Gasteiger charge is 2.34. The van der Waals surface area contributed by atoms with Crippen molar-refractivity contribution in [3.63, 3.8) is 0 Å². The molecule has 0 saturated carbocycles. The quantitative estimate of drug-likeness (QED) is 0.0191. The maximum atomic E-state index is 12.3. The Balaban J connectivity index is 4.23. The van der Waals surface area contributed by atoms with Crippen LogP contribution in [0.4, 0.5) is 0 Å². The molecule has 0 radical (unpaired) electrons. The summed E-state index contributed by atoms with van der Waals surface area (Å²) in [7, 11) is -10.6. The predicted molar refractivity (Wildman–Crippen MR) is 325 cm³/mol. The molecule has 0 amide bonds. The summed E-state index contributed by atoms with van der Waals surface area (Å²) in [5, 5.41) is 0. The number of unbranched alkanes of at least 4 members (excludes halogenated alkanes) is 6. The van der Waals surface area contributed by atoms with Gasteiger partial charge in [0.05, 0.1) is 13.2 Å². The fourth-order valence-corrected chi connectivity index (χ4v) is 37.0. The average molecular weight is 1130 g/mol. The Morgan fingerprint density at radius 1 is 0.338 bits per heavy atom. The van der Waals surface area contributed by atoms with Crippen molar-refractivity contribution < 1.29 is 41.0 Å². The van der Waals surface area contributed by atoms with Gasteiger partial charge in [0.1, 0.15) is 11.6 Å². The summed E-state index contributed by atoms with van der Waals surface area (Å²) in [4.78, 5) is 50.0. The van der Waals surface area contributed by atoms with E-state index in [4.69, 9.17) is 46.3 Å². The second-order valence-corrected chi connectivity index (χ2v) is 52.0. The van der Waals surface area contributed by atoms with Gasteiger partial charge in [-0.25, -0.2) is 9.59 Å². The number of esters is 2. The normalized spacial score (nSPS) is 12.7. The van der Waals surface area contributed by atoms with E-state index in [1.165, 1.54) is 59.6 Å². The van der Waals surface area contributed by atoms with E-state index < -0.39 is 61.8 Å². The molecule has 0 aromatic heterocycles. The van der Waals surface area contributed by atoms with Crippen LogP contribution in [0.1, 0.15) is 155 Å². The van der Waals surface area contributed by atoms with Crippen molar-refractivity contribution >= 4 is 108 Å². The highest BCUT2D eigenvalue weighted by atomic mass is 32.1. The maximum absolute atomic E-state index is 12.3. The van der Waals surface area contributed by atoms with E-state index >= 15 is 0 Å².